The van der Waals surface area contributed by atoms with E-state index in [0.717, 1.165) is 0 Å². The zero-order valence-electron chi connectivity index (χ0n) is 10.0. The first-order valence-corrected chi connectivity index (χ1v) is 7.84. The topological polar surface area (TPSA) is 78.0 Å². The van der Waals surface area contributed by atoms with Crippen molar-refractivity contribution in [1.82, 2.24) is 9.78 Å². The molecule has 0 aromatic carbocycles. The Morgan fingerprint density at radius 3 is 2.71 bits per heavy atom. The van der Waals surface area contributed by atoms with Gasteiger partial charge in [0.15, 0.2) is 9.84 Å². The molecule has 0 amide bonds. The minimum absolute atomic E-state index is 0.0739. The molecule has 1 heterocycles. The van der Waals surface area contributed by atoms with Gasteiger partial charge in [0.25, 0.3) is 0 Å². The number of rotatable bonds is 4. The van der Waals surface area contributed by atoms with E-state index in [1.54, 1.807) is 10.9 Å². The fraction of sp³-hybridized carbons (Fsp3) is 0.727. The van der Waals surface area contributed by atoms with E-state index in [4.69, 9.17) is 5.73 Å². The number of sulfone groups is 1. The summed E-state index contributed by atoms with van der Waals surface area (Å²) in [6.45, 7) is 0.597. The molecule has 96 valence electrons. The standard InChI is InChI=1S/C11H19N3O2S/c1-17(15,16)10-6-13-14(7-10)8-11(12)9-4-2-3-5-9/h6-7,9,11H,2-5,8,12H2,1H3. The van der Waals surface area contributed by atoms with Crippen molar-refractivity contribution in [2.75, 3.05) is 6.26 Å². The van der Waals surface area contributed by atoms with Crippen molar-refractivity contribution in [1.29, 1.82) is 0 Å². The van der Waals surface area contributed by atoms with Crippen molar-refractivity contribution in [3.63, 3.8) is 0 Å². The maximum atomic E-state index is 11.3. The molecular formula is C11H19N3O2S. The average Bonchev–Trinajstić information content (AvgIpc) is 2.85. The van der Waals surface area contributed by atoms with Gasteiger partial charge < -0.3 is 5.73 Å². The highest BCUT2D eigenvalue weighted by Gasteiger charge is 2.22. The lowest BCUT2D eigenvalue weighted by molar-refractivity contribution is 0.373. The van der Waals surface area contributed by atoms with Gasteiger partial charge in [-0.2, -0.15) is 5.10 Å². The minimum Gasteiger partial charge on any atom is -0.326 e. The van der Waals surface area contributed by atoms with Gasteiger partial charge in [-0.3, -0.25) is 4.68 Å². The van der Waals surface area contributed by atoms with Gasteiger partial charge in [-0.15, -0.1) is 0 Å². The molecule has 1 fully saturated rings. The Balaban J connectivity index is 2.01. The van der Waals surface area contributed by atoms with Gasteiger partial charge in [0.05, 0.1) is 12.7 Å². The first kappa shape index (κ1) is 12.6. The molecule has 0 radical (unpaired) electrons. The molecule has 1 aromatic rings. The fourth-order valence-electron chi connectivity index (χ4n) is 2.39. The smallest absolute Gasteiger partial charge is 0.178 e. The largest absolute Gasteiger partial charge is 0.326 e. The minimum atomic E-state index is -3.16. The molecule has 6 heteroatoms. The number of nitrogens with two attached hydrogens (primary N) is 1. The second-order valence-corrected chi connectivity index (χ2v) is 6.89. The molecule has 5 nitrogen and oxygen atoms in total. The van der Waals surface area contributed by atoms with Crippen LogP contribution in [0.1, 0.15) is 25.7 Å². The van der Waals surface area contributed by atoms with Crippen molar-refractivity contribution >= 4 is 9.84 Å². The van der Waals surface area contributed by atoms with Crippen molar-refractivity contribution in [2.24, 2.45) is 11.7 Å². The monoisotopic (exact) mass is 257 g/mol. The van der Waals surface area contributed by atoms with Crippen LogP contribution >= 0.6 is 0 Å². The Bertz CT molecular complexity index is 475. The predicted molar refractivity (Wildman–Crippen MR) is 65.3 cm³/mol. The molecule has 0 spiro atoms. The lowest BCUT2D eigenvalue weighted by Crippen LogP contribution is -2.33. The number of hydrogen-bond donors (Lipinski definition) is 1. The van der Waals surface area contributed by atoms with E-state index in [1.807, 2.05) is 0 Å². The van der Waals surface area contributed by atoms with Gasteiger partial charge in [-0.1, -0.05) is 12.8 Å². The highest BCUT2D eigenvalue weighted by Crippen LogP contribution is 2.27. The summed E-state index contributed by atoms with van der Waals surface area (Å²) in [5.41, 5.74) is 6.12. The predicted octanol–water partition coefficient (Wildman–Crippen LogP) is 0.804. The van der Waals surface area contributed by atoms with Gasteiger partial charge in [0.2, 0.25) is 0 Å². The molecule has 1 aliphatic carbocycles. The Hall–Kier alpha value is -0.880. The van der Waals surface area contributed by atoms with Crippen molar-refractivity contribution in [2.45, 2.75) is 43.2 Å². The Kier molecular flexibility index (Phi) is 3.53. The molecule has 2 rings (SSSR count). The fourth-order valence-corrected chi connectivity index (χ4v) is 2.94. The van der Waals surface area contributed by atoms with E-state index in [1.165, 1.54) is 38.1 Å². The summed E-state index contributed by atoms with van der Waals surface area (Å²) < 4.78 is 24.2. The molecule has 0 bridgehead atoms. The van der Waals surface area contributed by atoms with E-state index in [2.05, 4.69) is 5.10 Å². The van der Waals surface area contributed by atoms with Crippen molar-refractivity contribution in [3.05, 3.63) is 12.4 Å². The summed E-state index contributed by atoms with van der Waals surface area (Å²) in [6, 6.07) is 0.0739. The summed E-state index contributed by atoms with van der Waals surface area (Å²) in [6.07, 6.45) is 9.01. The third-order valence-electron chi connectivity index (χ3n) is 3.44. The van der Waals surface area contributed by atoms with Crippen LogP contribution in [0.2, 0.25) is 0 Å². The van der Waals surface area contributed by atoms with Gasteiger partial charge in [0.1, 0.15) is 4.90 Å². The zero-order chi connectivity index (χ0) is 12.5. The second-order valence-electron chi connectivity index (χ2n) is 4.88. The highest BCUT2D eigenvalue weighted by atomic mass is 32.2. The molecule has 17 heavy (non-hydrogen) atoms. The highest BCUT2D eigenvalue weighted by molar-refractivity contribution is 7.90. The Labute approximate surface area is 102 Å². The maximum absolute atomic E-state index is 11.3. The molecule has 0 aliphatic heterocycles. The molecule has 0 saturated heterocycles. The van der Waals surface area contributed by atoms with E-state index in [-0.39, 0.29) is 10.9 Å². The molecule has 1 aromatic heterocycles. The summed E-state index contributed by atoms with van der Waals surface area (Å²) in [4.78, 5) is 0.260. The molecular weight excluding hydrogens is 238 g/mol. The summed E-state index contributed by atoms with van der Waals surface area (Å²) in [5, 5.41) is 4.05. The summed E-state index contributed by atoms with van der Waals surface area (Å²) in [5.74, 6) is 0.556. The van der Waals surface area contributed by atoms with Crippen LogP contribution in [0.4, 0.5) is 0 Å². The first-order chi connectivity index (χ1) is 7.97. The molecule has 2 N–H and O–H groups in total. The van der Waals surface area contributed by atoms with E-state index < -0.39 is 9.84 Å². The van der Waals surface area contributed by atoms with Crippen LogP contribution in [-0.2, 0) is 16.4 Å². The van der Waals surface area contributed by atoms with Crippen LogP contribution in [-0.4, -0.2) is 30.5 Å². The van der Waals surface area contributed by atoms with Gasteiger partial charge >= 0.3 is 0 Å². The first-order valence-electron chi connectivity index (χ1n) is 5.95. The molecule has 1 aliphatic rings. The van der Waals surface area contributed by atoms with E-state index >= 15 is 0 Å². The van der Waals surface area contributed by atoms with E-state index in [0.29, 0.717) is 12.5 Å². The van der Waals surface area contributed by atoms with Crippen LogP contribution < -0.4 is 5.73 Å². The zero-order valence-corrected chi connectivity index (χ0v) is 10.9. The molecule has 1 saturated carbocycles. The summed E-state index contributed by atoms with van der Waals surface area (Å²) >= 11 is 0. The third kappa shape index (κ3) is 3.07. The normalized spacial score (nSPS) is 19.6. The van der Waals surface area contributed by atoms with Crippen LogP contribution in [0, 0.1) is 5.92 Å². The SMILES string of the molecule is CS(=O)(=O)c1cnn(CC(N)C2CCCC2)c1. The Morgan fingerprint density at radius 1 is 1.53 bits per heavy atom. The second kappa shape index (κ2) is 4.78. The quantitative estimate of drug-likeness (QED) is 0.865. The van der Waals surface area contributed by atoms with Crippen LogP contribution in [0.15, 0.2) is 17.3 Å². The Morgan fingerprint density at radius 2 is 2.18 bits per heavy atom. The van der Waals surface area contributed by atoms with Crippen molar-refractivity contribution in [3.8, 4) is 0 Å². The number of hydrogen-bond acceptors (Lipinski definition) is 4. The average molecular weight is 257 g/mol. The third-order valence-corrected chi connectivity index (χ3v) is 4.51. The maximum Gasteiger partial charge on any atom is 0.178 e. The van der Waals surface area contributed by atoms with Crippen molar-refractivity contribution < 1.29 is 8.42 Å². The lowest BCUT2D eigenvalue weighted by Gasteiger charge is -2.18. The van der Waals surface area contributed by atoms with E-state index in [9.17, 15) is 8.42 Å². The lowest BCUT2D eigenvalue weighted by atomic mass is 9.99. The van der Waals surface area contributed by atoms with Crippen LogP contribution in [0.5, 0.6) is 0 Å². The van der Waals surface area contributed by atoms with Crippen LogP contribution in [0.3, 0.4) is 0 Å². The summed E-state index contributed by atoms with van der Waals surface area (Å²) in [7, 11) is -3.16. The number of nitrogens with zero attached hydrogens (tertiary/aromatic N) is 2. The number of aromatic nitrogens is 2. The van der Waals surface area contributed by atoms with Crippen LogP contribution in [0.25, 0.3) is 0 Å². The van der Waals surface area contributed by atoms with Gasteiger partial charge in [-0.25, -0.2) is 8.42 Å². The molecule has 1 unspecified atom stereocenters. The molecule has 1 atom stereocenters. The van der Waals surface area contributed by atoms with Gasteiger partial charge in [0, 0.05) is 18.5 Å². The van der Waals surface area contributed by atoms with Gasteiger partial charge in [-0.05, 0) is 18.8 Å².